The number of carbonyl (C=O) groups excluding carboxylic acids is 1. The summed E-state index contributed by atoms with van der Waals surface area (Å²) in [5.41, 5.74) is 5.56. The zero-order valence-corrected chi connectivity index (χ0v) is 10.6. The van der Waals surface area contributed by atoms with Crippen molar-refractivity contribution in [3.8, 4) is 0 Å². The number of furan rings is 1. The van der Waals surface area contributed by atoms with Crippen molar-refractivity contribution in [3.63, 3.8) is 0 Å². The fraction of sp³-hybridized carbons (Fsp3) is 0.400. The summed E-state index contributed by atoms with van der Waals surface area (Å²) >= 11 is 3.14. The molecule has 7 heteroatoms. The highest BCUT2D eigenvalue weighted by Crippen LogP contribution is 2.22. The van der Waals surface area contributed by atoms with Crippen LogP contribution in [0.1, 0.15) is 23.4 Å². The third-order valence-electron chi connectivity index (χ3n) is 2.75. The number of likely N-dealkylation sites (tertiary alicyclic amines) is 1. The molecule has 1 aromatic heterocycles. The molecule has 0 spiro atoms. The molecule has 2 heterocycles. The molecule has 1 aliphatic heterocycles. The highest BCUT2D eigenvalue weighted by molar-refractivity contribution is 9.10. The van der Waals surface area contributed by atoms with Gasteiger partial charge in [0.2, 0.25) is 0 Å². The van der Waals surface area contributed by atoms with Crippen molar-refractivity contribution in [2.75, 3.05) is 6.54 Å². The number of nitrogens with two attached hydrogens (primary N) is 1. The lowest BCUT2D eigenvalue weighted by atomic mass is 10.2. The Kier molecular flexibility index (Phi) is 3.37. The Hall–Kier alpha value is -1.50. The molecule has 0 aliphatic carbocycles. The molecule has 1 amide bonds. The maximum atomic E-state index is 12.1. The van der Waals surface area contributed by atoms with E-state index in [1.807, 2.05) is 0 Å². The van der Waals surface area contributed by atoms with Crippen LogP contribution in [0.25, 0.3) is 0 Å². The average molecular weight is 302 g/mol. The van der Waals surface area contributed by atoms with E-state index in [2.05, 4.69) is 21.1 Å². The summed E-state index contributed by atoms with van der Waals surface area (Å²) in [6, 6.07) is 2.90. The minimum atomic E-state index is -0.351. The molecule has 92 valence electrons. The monoisotopic (exact) mass is 301 g/mol. The Morgan fingerprint density at radius 2 is 2.41 bits per heavy atom. The lowest BCUT2D eigenvalue weighted by molar-refractivity contribution is 0.0734. The van der Waals surface area contributed by atoms with Crippen LogP contribution < -0.4 is 5.73 Å². The number of rotatable bonds is 2. The van der Waals surface area contributed by atoms with Crippen LogP contribution in [0.3, 0.4) is 0 Å². The Balaban J connectivity index is 2.19. The number of nitrogens with zero attached hydrogens (tertiary/aromatic N) is 2. The second-order valence-electron chi connectivity index (χ2n) is 3.79. The molecule has 1 aromatic rings. The van der Waals surface area contributed by atoms with Gasteiger partial charge in [0.05, 0.1) is 6.04 Å². The number of amides is 1. The number of hydrogen-bond donors (Lipinski definition) is 2. The van der Waals surface area contributed by atoms with Crippen LogP contribution in [-0.2, 0) is 0 Å². The summed E-state index contributed by atoms with van der Waals surface area (Å²) in [6.07, 6.45) is 1.53. The van der Waals surface area contributed by atoms with Gasteiger partial charge < -0.3 is 20.3 Å². The third kappa shape index (κ3) is 2.28. The first-order valence-corrected chi connectivity index (χ1v) is 5.96. The molecule has 1 saturated heterocycles. The lowest BCUT2D eigenvalue weighted by Gasteiger charge is -2.22. The summed E-state index contributed by atoms with van der Waals surface area (Å²) in [4.78, 5) is 13.7. The van der Waals surface area contributed by atoms with Gasteiger partial charge in [-0.15, -0.1) is 0 Å². The van der Waals surface area contributed by atoms with Crippen LogP contribution in [0.15, 0.2) is 26.4 Å². The molecule has 0 aromatic carbocycles. The number of carbonyl (C=O) groups is 1. The van der Waals surface area contributed by atoms with Gasteiger partial charge in [0.1, 0.15) is 0 Å². The van der Waals surface area contributed by atoms with Crippen LogP contribution in [-0.4, -0.2) is 34.4 Å². The first-order valence-electron chi connectivity index (χ1n) is 5.17. The Morgan fingerprint density at radius 3 is 3.00 bits per heavy atom. The zero-order valence-electron chi connectivity index (χ0n) is 8.97. The summed E-state index contributed by atoms with van der Waals surface area (Å²) in [5.74, 6) is 0.0563. The SMILES string of the molecule is NC(=NO)C1CCCN1C(=O)c1ccc(Br)o1. The zero-order chi connectivity index (χ0) is 12.4. The molecule has 1 unspecified atom stereocenters. The first kappa shape index (κ1) is 12.0. The summed E-state index contributed by atoms with van der Waals surface area (Å²) in [5, 5.41) is 11.6. The highest BCUT2D eigenvalue weighted by Gasteiger charge is 2.33. The third-order valence-corrected chi connectivity index (χ3v) is 3.18. The van der Waals surface area contributed by atoms with Crippen LogP contribution in [0.2, 0.25) is 0 Å². The van der Waals surface area contributed by atoms with Gasteiger partial charge in [-0.3, -0.25) is 4.79 Å². The van der Waals surface area contributed by atoms with Crippen molar-refractivity contribution in [1.82, 2.24) is 4.90 Å². The van der Waals surface area contributed by atoms with Gasteiger partial charge >= 0.3 is 0 Å². The van der Waals surface area contributed by atoms with Crippen LogP contribution >= 0.6 is 15.9 Å². The van der Waals surface area contributed by atoms with Gasteiger partial charge in [0.25, 0.3) is 5.91 Å². The van der Waals surface area contributed by atoms with Crippen LogP contribution in [0, 0.1) is 0 Å². The van der Waals surface area contributed by atoms with E-state index >= 15 is 0 Å². The summed E-state index contributed by atoms with van der Waals surface area (Å²) < 4.78 is 5.70. The smallest absolute Gasteiger partial charge is 0.290 e. The van der Waals surface area contributed by atoms with Crippen molar-refractivity contribution in [2.45, 2.75) is 18.9 Å². The molecule has 3 N–H and O–H groups in total. The van der Waals surface area contributed by atoms with Gasteiger partial charge in [0.15, 0.2) is 16.3 Å². The maximum Gasteiger partial charge on any atom is 0.290 e. The standard InChI is InChI=1S/C10H12BrN3O3/c11-8-4-3-7(17-8)10(15)14-5-1-2-6(14)9(12)13-16/h3-4,6,16H,1-2,5H2,(H2,12,13). The summed E-state index contributed by atoms with van der Waals surface area (Å²) in [6.45, 7) is 0.581. The van der Waals surface area contributed by atoms with Gasteiger partial charge in [-0.2, -0.15) is 0 Å². The van der Waals surface area contributed by atoms with E-state index < -0.39 is 0 Å². The Bertz CT molecular complexity index is 457. The molecule has 2 rings (SSSR count). The Morgan fingerprint density at radius 1 is 1.65 bits per heavy atom. The van der Waals surface area contributed by atoms with E-state index in [0.29, 0.717) is 17.6 Å². The molecule has 6 nitrogen and oxygen atoms in total. The molecule has 1 fully saturated rings. The van der Waals surface area contributed by atoms with Crippen molar-refractivity contribution in [2.24, 2.45) is 10.9 Å². The largest absolute Gasteiger partial charge is 0.444 e. The fourth-order valence-electron chi connectivity index (χ4n) is 1.95. The van der Waals surface area contributed by atoms with Crippen LogP contribution in [0.4, 0.5) is 0 Å². The minimum Gasteiger partial charge on any atom is -0.444 e. The number of halogens is 1. The Labute approximate surface area is 106 Å². The van der Waals surface area contributed by atoms with E-state index in [1.54, 1.807) is 17.0 Å². The minimum absolute atomic E-state index is 0.0569. The maximum absolute atomic E-state index is 12.1. The second kappa shape index (κ2) is 4.79. The summed E-state index contributed by atoms with van der Waals surface area (Å²) in [7, 11) is 0. The van der Waals surface area contributed by atoms with Crippen LogP contribution in [0.5, 0.6) is 0 Å². The van der Waals surface area contributed by atoms with Crippen molar-refractivity contribution in [1.29, 1.82) is 0 Å². The molecule has 1 aliphatic rings. The van der Waals surface area contributed by atoms with E-state index in [0.717, 1.165) is 6.42 Å². The lowest BCUT2D eigenvalue weighted by Crippen LogP contribution is -2.43. The van der Waals surface area contributed by atoms with E-state index in [4.69, 9.17) is 15.4 Å². The fourth-order valence-corrected chi connectivity index (χ4v) is 2.26. The average Bonchev–Trinajstić information content (AvgIpc) is 2.95. The van der Waals surface area contributed by atoms with E-state index in [9.17, 15) is 4.79 Å². The van der Waals surface area contributed by atoms with Gasteiger partial charge in [0, 0.05) is 6.54 Å². The van der Waals surface area contributed by atoms with Crippen molar-refractivity contribution >= 4 is 27.7 Å². The number of oxime groups is 1. The number of amidine groups is 1. The highest BCUT2D eigenvalue weighted by atomic mass is 79.9. The van der Waals surface area contributed by atoms with Crippen molar-refractivity contribution in [3.05, 3.63) is 22.6 Å². The number of hydrogen-bond acceptors (Lipinski definition) is 4. The van der Waals surface area contributed by atoms with Gasteiger partial charge in [-0.25, -0.2) is 0 Å². The quantitative estimate of drug-likeness (QED) is 0.374. The van der Waals surface area contributed by atoms with Gasteiger partial charge in [-0.05, 0) is 40.9 Å². The predicted octanol–water partition coefficient (Wildman–Crippen LogP) is 1.39. The van der Waals surface area contributed by atoms with Gasteiger partial charge in [-0.1, -0.05) is 5.16 Å². The first-order chi connectivity index (χ1) is 8.13. The molecular formula is C10H12BrN3O3. The van der Waals surface area contributed by atoms with E-state index in [-0.39, 0.29) is 23.5 Å². The second-order valence-corrected chi connectivity index (χ2v) is 4.57. The van der Waals surface area contributed by atoms with Crippen molar-refractivity contribution < 1.29 is 14.4 Å². The molecule has 0 saturated carbocycles. The molecular weight excluding hydrogens is 290 g/mol. The predicted molar refractivity (Wildman–Crippen MR) is 63.9 cm³/mol. The molecule has 1 atom stereocenters. The molecule has 0 bridgehead atoms. The normalized spacial score (nSPS) is 20.9. The topological polar surface area (TPSA) is 92.1 Å². The molecule has 17 heavy (non-hydrogen) atoms. The van der Waals surface area contributed by atoms with E-state index in [1.165, 1.54) is 0 Å². The molecule has 0 radical (unpaired) electrons.